The van der Waals surface area contributed by atoms with Gasteiger partial charge in [0.25, 0.3) is 0 Å². The Balaban J connectivity index is 2.40. The van der Waals surface area contributed by atoms with Crippen LogP contribution in [0.1, 0.15) is 5.56 Å². The quantitative estimate of drug-likeness (QED) is 0.564. The molecule has 2 aromatic rings. The lowest BCUT2D eigenvalue weighted by molar-refractivity contribution is 0.469. The number of benzene rings is 1. The van der Waals surface area contributed by atoms with Gasteiger partial charge in [-0.3, -0.25) is 9.48 Å². The average molecular weight is 188 g/mol. The first-order valence-corrected chi connectivity index (χ1v) is 4.37. The van der Waals surface area contributed by atoms with E-state index in [1.54, 1.807) is 4.68 Å². The Morgan fingerprint density at radius 2 is 2.07 bits per heavy atom. The second-order valence-corrected chi connectivity index (χ2v) is 3.36. The number of para-hydroxylation sites is 1. The number of nitrogens with zero attached hydrogens (tertiary/aromatic N) is 2. The van der Waals surface area contributed by atoms with E-state index in [-0.39, 0.29) is 11.3 Å². The van der Waals surface area contributed by atoms with Gasteiger partial charge in [0.05, 0.1) is 18.4 Å². The molecule has 1 N–H and O–H groups in total. The Morgan fingerprint density at radius 1 is 1.29 bits per heavy atom. The van der Waals surface area contributed by atoms with E-state index >= 15 is 0 Å². The van der Waals surface area contributed by atoms with Crippen molar-refractivity contribution in [3.05, 3.63) is 46.4 Å². The van der Waals surface area contributed by atoms with Gasteiger partial charge in [0.1, 0.15) is 0 Å². The van der Waals surface area contributed by atoms with Crippen LogP contribution in [0.5, 0.6) is 5.75 Å². The smallest absolute Gasteiger partial charge is 0.313 e. The molecule has 0 spiro atoms. The Hall–Kier alpha value is -1.97. The van der Waals surface area contributed by atoms with E-state index in [1.807, 2.05) is 24.3 Å². The summed E-state index contributed by atoms with van der Waals surface area (Å²) in [5, 5.41) is 9.26. The molecule has 3 rings (SSSR count). The highest BCUT2D eigenvalue weighted by molar-refractivity contribution is 5.44. The van der Waals surface area contributed by atoms with Crippen molar-refractivity contribution in [3.8, 4) is 11.4 Å². The SMILES string of the molecule is O=c1c(O)cn2n1-c1ccccc1C2. The van der Waals surface area contributed by atoms with Gasteiger partial charge in [0.15, 0.2) is 0 Å². The standard InChI is InChI=1S/C10H8N2O2/c13-9-6-11-5-7-3-1-2-4-8(7)12(11)10(9)14/h1-4,6,13H,5H2. The molecule has 14 heavy (non-hydrogen) atoms. The predicted molar refractivity (Wildman–Crippen MR) is 50.8 cm³/mol. The summed E-state index contributed by atoms with van der Waals surface area (Å²) in [6, 6.07) is 7.67. The molecule has 1 aromatic heterocycles. The Labute approximate surface area is 79.6 Å². The van der Waals surface area contributed by atoms with Gasteiger partial charge in [-0.25, -0.2) is 4.68 Å². The first kappa shape index (κ1) is 7.44. The minimum atomic E-state index is -0.352. The van der Waals surface area contributed by atoms with Gasteiger partial charge in [-0.15, -0.1) is 0 Å². The number of aromatic hydroxyl groups is 1. The van der Waals surface area contributed by atoms with E-state index in [1.165, 1.54) is 10.9 Å². The molecule has 4 heteroatoms. The zero-order valence-corrected chi connectivity index (χ0v) is 7.34. The molecule has 0 fully saturated rings. The van der Waals surface area contributed by atoms with Crippen LogP contribution in [-0.2, 0) is 6.54 Å². The van der Waals surface area contributed by atoms with E-state index < -0.39 is 0 Å². The van der Waals surface area contributed by atoms with Crippen molar-refractivity contribution in [3.63, 3.8) is 0 Å². The second-order valence-electron chi connectivity index (χ2n) is 3.36. The van der Waals surface area contributed by atoms with Crippen LogP contribution in [-0.4, -0.2) is 14.5 Å². The highest BCUT2D eigenvalue weighted by Crippen LogP contribution is 2.22. The van der Waals surface area contributed by atoms with Gasteiger partial charge < -0.3 is 5.11 Å². The molecule has 1 aliphatic rings. The summed E-state index contributed by atoms with van der Waals surface area (Å²) >= 11 is 0. The first-order chi connectivity index (χ1) is 6.77. The molecular formula is C10H8N2O2. The van der Waals surface area contributed by atoms with Gasteiger partial charge in [0.2, 0.25) is 5.75 Å². The molecule has 0 saturated carbocycles. The van der Waals surface area contributed by atoms with Crippen LogP contribution in [0.2, 0.25) is 0 Å². The maximum atomic E-state index is 11.5. The fourth-order valence-electron chi connectivity index (χ4n) is 1.87. The van der Waals surface area contributed by atoms with Crippen LogP contribution in [0.15, 0.2) is 35.3 Å². The maximum absolute atomic E-state index is 11.5. The predicted octanol–water partition coefficient (Wildman–Crippen LogP) is 0.706. The van der Waals surface area contributed by atoms with E-state index in [4.69, 9.17) is 0 Å². The Bertz CT molecular complexity index is 566. The molecular weight excluding hydrogens is 180 g/mol. The van der Waals surface area contributed by atoms with Gasteiger partial charge in [-0.2, -0.15) is 0 Å². The highest BCUT2D eigenvalue weighted by Gasteiger charge is 2.20. The second kappa shape index (κ2) is 2.29. The summed E-state index contributed by atoms with van der Waals surface area (Å²) < 4.78 is 3.20. The molecule has 4 nitrogen and oxygen atoms in total. The van der Waals surface area contributed by atoms with Crippen molar-refractivity contribution in [2.75, 3.05) is 0 Å². The third kappa shape index (κ3) is 0.750. The number of fused-ring (bicyclic) bond motifs is 3. The minimum Gasteiger partial charge on any atom is -0.502 e. The molecule has 0 atom stereocenters. The topological polar surface area (TPSA) is 47.2 Å². The van der Waals surface area contributed by atoms with Crippen molar-refractivity contribution >= 4 is 0 Å². The van der Waals surface area contributed by atoms with E-state index in [2.05, 4.69) is 0 Å². The highest BCUT2D eigenvalue weighted by atomic mass is 16.3. The summed E-state index contributed by atoms with van der Waals surface area (Å²) in [6.45, 7) is 0.645. The summed E-state index contributed by atoms with van der Waals surface area (Å²) in [6.07, 6.45) is 1.46. The third-order valence-corrected chi connectivity index (χ3v) is 2.49. The third-order valence-electron chi connectivity index (χ3n) is 2.49. The van der Waals surface area contributed by atoms with Crippen molar-refractivity contribution in [1.82, 2.24) is 9.36 Å². The van der Waals surface area contributed by atoms with Crippen LogP contribution in [0.4, 0.5) is 0 Å². The molecule has 1 aromatic carbocycles. The number of hydrogen-bond donors (Lipinski definition) is 1. The fourth-order valence-corrected chi connectivity index (χ4v) is 1.87. The van der Waals surface area contributed by atoms with Gasteiger partial charge in [0, 0.05) is 0 Å². The zero-order valence-electron chi connectivity index (χ0n) is 7.34. The lowest BCUT2D eigenvalue weighted by Crippen LogP contribution is -2.15. The first-order valence-electron chi connectivity index (χ1n) is 4.37. The van der Waals surface area contributed by atoms with E-state index in [9.17, 15) is 9.90 Å². The molecule has 0 unspecified atom stereocenters. The summed E-state index contributed by atoms with van der Waals surface area (Å²) in [4.78, 5) is 11.5. The Morgan fingerprint density at radius 3 is 2.93 bits per heavy atom. The van der Waals surface area contributed by atoms with Crippen LogP contribution in [0.25, 0.3) is 5.69 Å². The largest absolute Gasteiger partial charge is 0.502 e. The van der Waals surface area contributed by atoms with E-state index in [0.29, 0.717) is 6.54 Å². The van der Waals surface area contributed by atoms with E-state index in [0.717, 1.165) is 11.3 Å². The lowest BCUT2D eigenvalue weighted by Gasteiger charge is -1.97. The monoisotopic (exact) mass is 188 g/mol. The van der Waals surface area contributed by atoms with Crippen LogP contribution in [0, 0.1) is 0 Å². The number of rotatable bonds is 0. The zero-order chi connectivity index (χ0) is 9.71. The molecule has 0 radical (unpaired) electrons. The average Bonchev–Trinajstić information content (AvgIpc) is 2.65. The normalized spacial score (nSPS) is 12.6. The van der Waals surface area contributed by atoms with Crippen LogP contribution in [0.3, 0.4) is 0 Å². The van der Waals surface area contributed by atoms with Crippen LogP contribution >= 0.6 is 0 Å². The number of hydrogen-bond acceptors (Lipinski definition) is 2. The van der Waals surface area contributed by atoms with Crippen molar-refractivity contribution in [2.45, 2.75) is 6.54 Å². The summed E-state index contributed by atoms with van der Waals surface area (Å²) in [5.74, 6) is -0.195. The molecule has 70 valence electrons. The number of aromatic nitrogens is 2. The maximum Gasteiger partial charge on any atom is 0.313 e. The van der Waals surface area contributed by atoms with Gasteiger partial charge in [-0.1, -0.05) is 18.2 Å². The lowest BCUT2D eigenvalue weighted by atomic mass is 10.2. The van der Waals surface area contributed by atoms with Crippen molar-refractivity contribution in [1.29, 1.82) is 0 Å². The molecule has 0 bridgehead atoms. The summed E-state index contributed by atoms with van der Waals surface area (Å²) in [7, 11) is 0. The summed E-state index contributed by atoms with van der Waals surface area (Å²) in [5.41, 5.74) is 1.61. The minimum absolute atomic E-state index is 0.195. The van der Waals surface area contributed by atoms with Gasteiger partial charge in [-0.05, 0) is 11.6 Å². The fraction of sp³-hybridized carbons (Fsp3) is 0.100. The van der Waals surface area contributed by atoms with Crippen molar-refractivity contribution < 1.29 is 5.11 Å². The molecule has 0 saturated heterocycles. The molecule has 0 aliphatic carbocycles. The van der Waals surface area contributed by atoms with Crippen LogP contribution < -0.4 is 5.56 Å². The molecule has 0 amide bonds. The Kier molecular flexibility index (Phi) is 1.21. The molecule has 2 heterocycles. The van der Waals surface area contributed by atoms with Crippen molar-refractivity contribution in [2.24, 2.45) is 0 Å². The van der Waals surface area contributed by atoms with Gasteiger partial charge >= 0.3 is 5.56 Å². The molecule has 1 aliphatic heterocycles.